The third kappa shape index (κ3) is 3.43. The van der Waals surface area contributed by atoms with Crippen LogP contribution in [0.3, 0.4) is 0 Å². The highest BCUT2D eigenvalue weighted by atomic mass is 32.2. The van der Waals surface area contributed by atoms with Crippen molar-refractivity contribution in [2.45, 2.75) is 36.6 Å². The van der Waals surface area contributed by atoms with Gasteiger partial charge >= 0.3 is 0 Å². The maximum Gasteiger partial charge on any atom is 0.260 e. The van der Waals surface area contributed by atoms with Crippen LogP contribution >= 0.6 is 34.4 Å². The standard InChI is InChI=1S/C18H21N3OS3/c1-3-12-14(13-5-4-10-23-13)15-16(22)19-18(20-17(15)25-12)24-11-6-8-21(2)9-7-11/h4-5,10-11H,3,6-9H2,1-2H3,(H,19,20,22). The minimum atomic E-state index is -0.000206. The van der Waals surface area contributed by atoms with Crippen LogP contribution in [0, 0.1) is 0 Å². The number of thioether (sulfide) groups is 1. The topological polar surface area (TPSA) is 49.0 Å². The van der Waals surface area contributed by atoms with Crippen LogP contribution in [0.5, 0.6) is 0 Å². The molecule has 3 aromatic heterocycles. The third-order valence-electron chi connectivity index (χ3n) is 4.65. The molecular weight excluding hydrogens is 370 g/mol. The van der Waals surface area contributed by atoms with Crippen LogP contribution in [0.4, 0.5) is 0 Å². The summed E-state index contributed by atoms with van der Waals surface area (Å²) in [6.45, 7) is 4.38. The SMILES string of the molecule is CCc1sc2nc(SC3CCN(C)CC3)[nH]c(=O)c2c1-c1cccs1. The molecule has 4 nitrogen and oxygen atoms in total. The van der Waals surface area contributed by atoms with E-state index in [2.05, 4.69) is 35.3 Å². The van der Waals surface area contributed by atoms with Gasteiger partial charge in [0.25, 0.3) is 5.56 Å². The molecule has 0 amide bonds. The Morgan fingerprint density at radius 3 is 2.88 bits per heavy atom. The first-order valence-corrected chi connectivity index (χ1v) is 11.2. The largest absolute Gasteiger partial charge is 0.306 e. The van der Waals surface area contributed by atoms with Crippen LogP contribution in [0.15, 0.2) is 27.5 Å². The summed E-state index contributed by atoms with van der Waals surface area (Å²) < 4.78 is 0. The van der Waals surface area contributed by atoms with Gasteiger partial charge in [-0.15, -0.1) is 22.7 Å². The first-order valence-electron chi connectivity index (χ1n) is 8.60. The van der Waals surface area contributed by atoms with Crippen LogP contribution in [-0.4, -0.2) is 40.3 Å². The fourth-order valence-electron chi connectivity index (χ4n) is 3.28. The molecule has 25 heavy (non-hydrogen) atoms. The molecule has 0 radical (unpaired) electrons. The average molecular weight is 392 g/mol. The molecule has 7 heteroatoms. The number of rotatable bonds is 4. The molecular formula is C18H21N3OS3. The lowest BCUT2D eigenvalue weighted by Crippen LogP contribution is -2.31. The van der Waals surface area contributed by atoms with E-state index < -0.39 is 0 Å². The summed E-state index contributed by atoms with van der Waals surface area (Å²) in [6, 6.07) is 4.13. The van der Waals surface area contributed by atoms with E-state index in [1.165, 1.54) is 4.88 Å². The Kier molecular flexibility index (Phi) is 4.99. The van der Waals surface area contributed by atoms with Gasteiger partial charge in [0.2, 0.25) is 0 Å². The Hall–Kier alpha value is -1.15. The lowest BCUT2D eigenvalue weighted by atomic mass is 10.1. The average Bonchev–Trinajstić information content (AvgIpc) is 3.23. The molecule has 1 aliphatic rings. The molecule has 0 bridgehead atoms. The van der Waals surface area contributed by atoms with E-state index in [0.29, 0.717) is 5.25 Å². The molecule has 0 unspecified atom stereocenters. The van der Waals surface area contributed by atoms with Crippen LogP contribution in [-0.2, 0) is 6.42 Å². The monoisotopic (exact) mass is 391 g/mol. The van der Waals surface area contributed by atoms with Crippen molar-refractivity contribution < 1.29 is 0 Å². The summed E-state index contributed by atoms with van der Waals surface area (Å²) in [5.41, 5.74) is 1.09. The van der Waals surface area contributed by atoms with Crippen LogP contribution < -0.4 is 5.56 Å². The van der Waals surface area contributed by atoms with Gasteiger partial charge in [-0.1, -0.05) is 24.8 Å². The van der Waals surface area contributed by atoms with Crippen molar-refractivity contribution in [3.05, 3.63) is 32.7 Å². The molecule has 0 atom stereocenters. The van der Waals surface area contributed by atoms with Gasteiger partial charge in [-0.3, -0.25) is 4.79 Å². The summed E-state index contributed by atoms with van der Waals surface area (Å²) in [4.78, 5) is 26.3. The van der Waals surface area contributed by atoms with Crippen molar-refractivity contribution >= 4 is 44.7 Å². The van der Waals surface area contributed by atoms with E-state index >= 15 is 0 Å². The predicted molar refractivity (Wildman–Crippen MR) is 109 cm³/mol. The Labute approximate surface area is 159 Å². The number of aromatic amines is 1. The number of nitrogens with one attached hydrogen (secondary N) is 1. The van der Waals surface area contributed by atoms with Crippen molar-refractivity contribution in [2.75, 3.05) is 20.1 Å². The second-order valence-electron chi connectivity index (χ2n) is 6.40. The number of nitrogens with zero attached hydrogens (tertiary/aromatic N) is 2. The first-order chi connectivity index (χ1) is 12.2. The molecule has 132 valence electrons. The third-order valence-corrected chi connectivity index (χ3v) is 7.98. The van der Waals surface area contributed by atoms with Crippen molar-refractivity contribution in [3.63, 3.8) is 0 Å². The minimum absolute atomic E-state index is 0.000206. The van der Waals surface area contributed by atoms with Crippen LogP contribution in [0.2, 0.25) is 0 Å². The summed E-state index contributed by atoms with van der Waals surface area (Å²) in [5.74, 6) is 0. The molecule has 3 aromatic rings. The number of piperidine rings is 1. The molecule has 0 spiro atoms. The van der Waals surface area contributed by atoms with Crippen molar-refractivity contribution in [1.29, 1.82) is 0 Å². The summed E-state index contributed by atoms with van der Waals surface area (Å²) in [7, 11) is 2.16. The van der Waals surface area contributed by atoms with E-state index in [-0.39, 0.29) is 5.56 Å². The van der Waals surface area contributed by atoms with Gasteiger partial charge in [-0.05, 0) is 50.8 Å². The Morgan fingerprint density at radius 1 is 1.40 bits per heavy atom. The molecule has 1 aliphatic heterocycles. The highest BCUT2D eigenvalue weighted by molar-refractivity contribution is 7.99. The number of thiophene rings is 2. The normalized spacial score (nSPS) is 16.7. The van der Waals surface area contributed by atoms with Crippen molar-refractivity contribution in [2.24, 2.45) is 0 Å². The summed E-state index contributed by atoms with van der Waals surface area (Å²) in [5, 5.41) is 4.13. The van der Waals surface area contributed by atoms with Gasteiger partial charge in [-0.2, -0.15) is 0 Å². The van der Waals surface area contributed by atoms with Gasteiger partial charge < -0.3 is 9.88 Å². The molecule has 0 aliphatic carbocycles. The van der Waals surface area contributed by atoms with Gasteiger partial charge in [0, 0.05) is 20.6 Å². The number of aryl methyl sites for hydroxylation is 1. The number of hydrogen-bond acceptors (Lipinski definition) is 6. The number of aromatic nitrogens is 2. The number of fused-ring (bicyclic) bond motifs is 1. The van der Waals surface area contributed by atoms with E-state index in [9.17, 15) is 4.79 Å². The molecule has 0 aromatic carbocycles. The van der Waals surface area contributed by atoms with Crippen molar-refractivity contribution in [1.82, 2.24) is 14.9 Å². The molecule has 1 saturated heterocycles. The zero-order valence-electron chi connectivity index (χ0n) is 14.4. The minimum Gasteiger partial charge on any atom is -0.306 e. The summed E-state index contributed by atoms with van der Waals surface area (Å²) in [6.07, 6.45) is 3.22. The lowest BCUT2D eigenvalue weighted by Gasteiger charge is -2.27. The highest BCUT2D eigenvalue weighted by Crippen LogP contribution is 2.39. The van der Waals surface area contributed by atoms with E-state index in [4.69, 9.17) is 4.98 Å². The van der Waals surface area contributed by atoms with E-state index in [1.54, 1.807) is 34.4 Å². The fourth-order valence-corrected chi connectivity index (χ4v) is 6.39. The van der Waals surface area contributed by atoms with E-state index in [0.717, 1.165) is 58.2 Å². The zero-order valence-corrected chi connectivity index (χ0v) is 16.8. The van der Waals surface area contributed by atoms with Crippen LogP contribution in [0.1, 0.15) is 24.6 Å². The fraction of sp³-hybridized carbons (Fsp3) is 0.444. The molecule has 1 N–H and O–H groups in total. The van der Waals surface area contributed by atoms with Crippen LogP contribution in [0.25, 0.3) is 20.7 Å². The molecule has 4 heterocycles. The smallest absolute Gasteiger partial charge is 0.260 e. The maximum atomic E-state index is 12.8. The molecule has 1 fully saturated rings. The first kappa shape index (κ1) is 17.3. The predicted octanol–water partition coefficient (Wildman–Crippen LogP) is 4.46. The highest BCUT2D eigenvalue weighted by Gasteiger charge is 2.22. The second-order valence-corrected chi connectivity index (χ2v) is 9.72. The van der Waals surface area contributed by atoms with Gasteiger partial charge in [0.1, 0.15) is 4.83 Å². The Bertz CT molecular complexity index is 921. The van der Waals surface area contributed by atoms with E-state index in [1.807, 2.05) is 6.07 Å². The Balaban J connectivity index is 1.72. The van der Waals surface area contributed by atoms with Gasteiger partial charge in [-0.25, -0.2) is 4.98 Å². The quantitative estimate of drug-likeness (QED) is 0.667. The number of hydrogen-bond donors (Lipinski definition) is 1. The maximum absolute atomic E-state index is 12.8. The molecule has 4 rings (SSSR count). The number of likely N-dealkylation sites (tertiary alicyclic amines) is 1. The van der Waals surface area contributed by atoms with Crippen molar-refractivity contribution in [3.8, 4) is 10.4 Å². The zero-order chi connectivity index (χ0) is 17.4. The summed E-state index contributed by atoms with van der Waals surface area (Å²) >= 11 is 5.08. The van der Waals surface area contributed by atoms with Gasteiger partial charge in [0.05, 0.1) is 5.39 Å². The second kappa shape index (κ2) is 7.23. The lowest BCUT2D eigenvalue weighted by molar-refractivity contribution is 0.282. The number of H-pyrrole nitrogens is 1. The molecule has 0 saturated carbocycles. The Morgan fingerprint density at radius 2 is 2.20 bits per heavy atom. The van der Waals surface area contributed by atoms with Gasteiger partial charge in [0.15, 0.2) is 5.16 Å².